The minimum absolute atomic E-state index is 0.371. The number of rotatable bonds is 3. The predicted molar refractivity (Wildman–Crippen MR) is 86.8 cm³/mol. The van der Waals surface area contributed by atoms with E-state index in [9.17, 15) is 0 Å². The van der Waals surface area contributed by atoms with Crippen LogP contribution in [0.3, 0.4) is 0 Å². The highest BCUT2D eigenvalue weighted by Gasteiger charge is 2.21. The van der Waals surface area contributed by atoms with Crippen LogP contribution >= 0.6 is 23.2 Å². The van der Waals surface area contributed by atoms with E-state index in [0.717, 1.165) is 37.1 Å². The Balaban J connectivity index is 1.99. The van der Waals surface area contributed by atoms with Gasteiger partial charge in [0.05, 0.1) is 0 Å². The van der Waals surface area contributed by atoms with Gasteiger partial charge in [0.1, 0.15) is 0 Å². The second kappa shape index (κ2) is 6.30. The molecule has 1 aromatic carbocycles. The zero-order chi connectivity index (χ0) is 14.8. The van der Waals surface area contributed by atoms with Crippen molar-refractivity contribution < 1.29 is 0 Å². The van der Waals surface area contributed by atoms with Gasteiger partial charge in [-0.25, -0.2) is 9.97 Å². The summed E-state index contributed by atoms with van der Waals surface area (Å²) in [5.41, 5.74) is 3.22. The smallest absolute Gasteiger partial charge is 0.159 e. The van der Waals surface area contributed by atoms with E-state index >= 15 is 0 Å². The molecule has 1 aliphatic rings. The van der Waals surface area contributed by atoms with Gasteiger partial charge in [-0.1, -0.05) is 30.1 Å². The third-order valence-electron chi connectivity index (χ3n) is 3.75. The van der Waals surface area contributed by atoms with E-state index in [4.69, 9.17) is 28.2 Å². The number of hydrogen-bond acceptors (Lipinski definition) is 3. The lowest BCUT2D eigenvalue weighted by Crippen LogP contribution is -2.25. The number of nitrogens with one attached hydrogen (secondary N) is 1. The molecule has 1 aliphatic carbocycles. The first-order valence-corrected chi connectivity index (χ1v) is 7.98. The molecule has 1 N–H and O–H groups in total. The number of halogens is 2. The summed E-state index contributed by atoms with van der Waals surface area (Å²) in [6, 6.07) is 5.78. The summed E-state index contributed by atoms with van der Waals surface area (Å²) in [4.78, 5) is 9.24. The molecule has 3 rings (SSSR count). The zero-order valence-corrected chi connectivity index (χ0v) is 13.4. The third kappa shape index (κ3) is 3.20. The van der Waals surface area contributed by atoms with Crippen LogP contribution in [0.25, 0.3) is 11.4 Å². The molecule has 0 amide bonds. The molecule has 1 aromatic heterocycles. The maximum Gasteiger partial charge on any atom is 0.159 e. The fourth-order valence-corrected chi connectivity index (χ4v) is 3.35. The highest BCUT2D eigenvalue weighted by atomic mass is 35.5. The Morgan fingerprint density at radius 1 is 1.24 bits per heavy atom. The average Bonchev–Trinajstić information content (AvgIpc) is 2.46. The molecule has 110 valence electrons. The summed E-state index contributed by atoms with van der Waals surface area (Å²) in [7, 11) is 0. The number of fused-ring (bicyclic) bond motifs is 1. The van der Waals surface area contributed by atoms with E-state index in [-0.39, 0.29) is 0 Å². The number of aromatic nitrogens is 2. The maximum absolute atomic E-state index is 6.06. The van der Waals surface area contributed by atoms with Crippen molar-refractivity contribution in [3.63, 3.8) is 0 Å². The molecule has 21 heavy (non-hydrogen) atoms. The van der Waals surface area contributed by atoms with E-state index in [1.807, 2.05) is 18.3 Å². The predicted octanol–water partition coefficient (Wildman–Crippen LogP) is 4.44. The molecule has 0 saturated heterocycles. The Hall–Kier alpha value is -1.16. The van der Waals surface area contributed by atoms with Gasteiger partial charge >= 0.3 is 0 Å². The zero-order valence-electron chi connectivity index (χ0n) is 11.9. The normalized spacial score (nSPS) is 17.6. The summed E-state index contributed by atoms with van der Waals surface area (Å²) in [5.74, 6) is 0.690. The van der Waals surface area contributed by atoms with Crippen LogP contribution in [0.2, 0.25) is 10.0 Å². The molecule has 1 atom stereocenters. The van der Waals surface area contributed by atoms with Crippen LogP contribution in [0.15, 0.2) is 24.4 Å². The summed E-state index contributed by atoms with van der Waals surface area (Å²) in [6.07, 6.45) is 5.24. The van der Waals surface area contributed by atoms with Crippen molar-refractivity contribution in [2.75, 3.05) is 6.54 Å². The first-order chi connectivity index (χ1) is 10.2. The second-order valence-corrected chi connectivity index (χ2v) is 6.13. The quantitative estimate of drug-likeness (QED) is 0.908. The second-order valence-electron chi connectivity index (χ2n) is 5.26. The van der Waals surface area contributed by atoms with Gasteiger partial charge in [0.25, 0.3) is 0 Å². The van der Waals surface area contributed by atoms with E-state index in [1.54, 1.807) is 6.07 Å². The first kappa shape index (κ1) is 14.8. The van der Waals surface area contributed by atoms with E-state index < -0.39 is 0 Å². The first-order valence-electron chi connectivity index (χ1n) is 7.23. The van der Waals surface area contributed by atoms with Crippen molar-refractivity contribution in [1.29, 1.82) is 0 Å². The van der Waals surface area contributed by atoms with Crippen LogP contribution in [-0.2, 0) is 6.42 Å². The van der Waals surface area contributed by atoms with Crippen molar-refractivity contribution in [3.8, 4) is 11.4 Å². The fraction of sp³-hybridized carbons (Fsp3) is 0.375. The van der Waals surface area contributed by atoms with E-state index in [0.29, 0.717) is 21.9 Å². The number of nitrogens with zero attached hydrogens (tertiary/aromatic N) is 2. The molecule has 0 spiro atoms. The van der Waals surface area contributed by atoms with Crippen molar-refractivity contribution in [3.05, 3.63) is 45.7 Å². The monoisotopic (exact) mass is 321 g/mol. The minimum atomic E-state index is 0.371. The molecule has 5 heteroatoms. The highest BCUT2D eigenvalue weighted by molar-refractivity contribution is 6.35. The Morgan fingerprint density at radius 3 is 2.71 bits per heavy atom. The fourth-order valence-electron chi connectivity index (χ4n) is 2.83. The SMILES string of the molecule is CCNC1CCCc2nc(-c3cc(Cl)cc(Cl)c3)ncc21. The van der Waals surface area contributed by atoms with Gasteiger partial charge in [-0.05, 0) is 44.0 Å². The Morgan fingerprint density at radius 2 is 2.00 bits per heavy atom. The lowest BCUT2D eigenvalue weighted by Gasteiger charge is -2.25. The molecule has 0 saturated carbocycles. The lowest BCUT2D eigenvalue weighted by molar-refractivity contribution is 0.464. The largest absolute Gasteiger partial charge is 0.310 e. The number of aryl methyl sites for hydroxylation is 1. The standard InChI is InChI=1S/C16H17Cl2N3/c1-2-19-14-4-3-5-15-13(14)9-20-16(21-15)10-6-11(17)8-12(18)7-10/h6-9,14,19H,2-5H2,1H3. The van der Waals surface area contributed by atoms with E-state index in [2.05, 4.69) is 17.2 Å². The molecule has 0 radical (unpaired) electrons. The number of benzene rings is 1. The van der Waals surface area contributed by atoms with Gasteiger partial charge in [0.2, 0.25) is 0 Å². The average molecular weight is 322 g/mol. The van der Waals surface area contributed by atoms with Gasteiger partial charge < -0.3 is 5.32 Å². The Bertz CT molecular complexity index is 638. The van der Waals surface area contributed by atoms with Crippen LogP contribution in [0.1, 0.15) is 37.1 Å². The Labute approximate surface area is 134 Å². The molecule has 0 bridgehead atoms. The summed E-state index contributed by atoms with van der Waals surface area (Å²) in [6.45, 7) is 3.08. The van der Waals surface area contributed by atoms with Crippen LogP contribution in [-0.4, -0.2) is 16.5 Å². The van der Waals surface area contributed by atoms with Crippen molar-refractivity contribution >= 4 is 23.2 Å². The molecule has 0 aliphatic heterocycles. The van der Waals surface area contributed by atoms with Crippen molar-refractivity contribution in [2.24, 2.45) is 0 Å². The van der Waals surface area contributed by atoms with Crippen molar-refractivity contribution in [2.45, 2.75) is 32.2 Å². The summed E-state index contributed by atoms with van der Waals surface area (Å²) in [5, 5.41) is 4.70. The lowest BCUT2D eigenvalue weighted by atomic mass is 9.92. The Kier molecular flexibility index (Phi) is 4.43. The maximum atomic E-state index is 6.06. The minimum Gasteiger partial charge on any atom is -0.310 e. The van der Waals surface area contributed by atoms with Crippen LogP contribution in [0, 0.1) is 0 Å². The van der Waals surface area contributed by atoms with Crippen molar-refractivity contribution in [1.82, 2.24) is 15.3 Å². The molecular weight excluding hydrogens is 305 g/mol. The van der Waals surface area contributed by atoms with Gasteiger partial charge in [-0.2, -0.15) is 0 Å². The van der Waals surface area contributed by atoms with Crippen LogP contribution in [0.4, 0.5) is 0 Å². The molecule has 2 aromatic rings. The molecular formula is C16H17Cl2N3. The van der Waals surface area contributed by atoms with Gasteiger partial charge in [0.15, 0.2) is 5.82 Å². The van der Waals surface area contributed by atoms with Gasteiger partial charge in [-0.15, -0.1) is 0 Å². The summed E-state index contributed by atoms with van der Waals surface area (Å²) >= 11 is 12.1. The van der Waals surface area contributed by atoms with Crippen LogP contribution in [0.5, 0.6) is 0 Å². The number of hydrogen-bond donors (Lipinski definition) is 1. The highest BCUT2D eigenvalue weighted by Crippen LogP contribution is 2.30. The van der Waals surface area contributed by atoms with Gasteiger partial charge in [-0.3, -0.25) is 0 Å². The van der Waals surface area contributed by atoms with Gasteiger partial charge in [0, 0.05) is 39.1 Å². The van der Waals surface area contributed by atoms with E-state index in [1.165, 1.54) is 5.56 Å². The summed E-state index contributed by atoms with van der Waals surface area (Å²) < 4.78 is 0. The molecule has 1 unspecified atom stereocenters. The molecule has 3 nitrogen and oxygen atoms in total. The molecule has 0 fully saturated rings. The topological polar surface area (TPSA) is 37.8 Å². The third-order valence-corrected chi connectivity index (χ3v) is 4.19. The molecule has 1 heterocycles. The van der Waals surface area contributed by atoms with Crippen LogP contribution < -0.4 is 5.32 Å².